The molecule has 9 nitrogen and oxygen atoms in total. The van der Waals surface area contributed by atoms with Gasteiger partial charge in [-0.1, -0.05) is 43.6 Å². The number of carbonyl (C=O) groups is 3. The molecule has 8 atom stereocenters. The number of Topliss-reactive ketones (excluding diaryl/α,β-unsaturated/α-hetero) is 1. The van der Waals surface area contributed by atoms with E-state index in [2.05, 4.69) is 0 Å². The van der Waals surface area contributed by atoms with Crippen molar-refractivity contribution in [1.82, 2.24) is 0 Å². The van der Waals surface area contributed by atoms with Gasteiger partial charge in [-0.2, -0.15) is 5.26 Å². The molecule has 0 heterocycles. The van der Waals surface area contributed by atoms with Crippen LogP contribution in [0.2, 0.25) is 0 Å². The topological polar surface area (TPSA) is 154 Å². The lowest BCUT2D eigenvalue weighted by molar-refractivity contribution is -0.314. The number of ketones is 1. The molecule has 0 aromatic carbocycles. The summed E-state index contributed by atoms with van der Waals surface area (Å²) >= 11 is 0. The zero-order chi connectivity index (χ0) is 32.3. The maximum Gasteiger partial charge on any atom is 0.349 e. The molecule has 0 saturated heterocycles. The van der Waals surface area contributed by atoms with Gasteiger partial charge in [-0.05, 0) is 84.5 Å². The fourth-order valence-electron chi connectivity index (χ4n) is 8.56. The molecule has 4 aliphatic rings. The van der Waals surface area contributed by atoms with Gasteiger partial charge in [-0.25, -0.2) is 9.59 Å². The second-order valence-electron chi connectivity index (χ2n) is 14.3. The van der Waals surface area contributed by atoms with Gasteiger partial charge in [0.05, 0.1) is 5.41 Å². The summed E-state index contributed by atoms with van der Waals surface area (Å²) in [6.07, 6.45) is 3.25. The van der Waals surface area contributed by atoms with Crippen LogP contribution in [-0.4, -0.2) is 62.1 Å². The molecular formula is C34H47NO8. The molecule has 0 aliphatic heterocycles. The lowest BCUT2D eigenvalue weighted by Gasteiger charge is -2.67. The van der Waals surface area contributed by atoms with E-state index in [1.807, 2.05) is 39.8 Å². The van der Waals surface area contributed by atoms with E-state index < -0.39 is 63.5 Å². The summed E-state index contributed by atoms with van der Waals surface area (Å²) in [5.74, 6) is -2.30. The third-order valence-corrected chi connectivity index (χ3v) is 11.7. The van der Waals surface area contributed by atoms with E-state index in [9.17, 15) is 35.0 Å². The van der Waals surface area contributed by atoms with Crippen molar-refractivity contribution >= 4 is 17.7 Å². The highest BCUT2D eigenvalue weighted by Crippen LogP contribution is 2.71. The SMILES string of the molecule is CC(=O)[C@]1(O)CC[C@@]2(O)[C@]1(C)[C@H](OC(=O)/C=C(\C)C(C)C)C[C@@H]1[C@@]3(C)CC[C@H](OC(=O)C(C#N)=C(C)C)CC3=CC[C@]12O. The molecule has 3 N–H and O–H groups in total. The van der Waals surface area contributed by atoms with E-state index in [-0.39, 0.29) is 37.2 Å². The monoisotopic (exact) mass is 597 g/mol. The van der Waals surface area contributed by atoms with Gasteiger partial charge in [0.2, 0.25) is 0 Å². The summed E-state index contributed by atoms with van der Waals surface area (Å²) in [7, 11) is 0. The van der Waals surface area contributed by atoms with Gasteiger partial charge in [0.1, 0.15) is 40.7 Å². The number of fused-ring (bicyclic) bond motifs is 5. The molecule has 0 aromatic heterocycles. The second kappa shape index (κ2) is 11.0. The number of rotatable bonds is 6. The molecule has 43 heavy (non-hydrogen) atoms. The van der Waals surface area contributed by atoms with E-state index >= 15 is 0 Å². The number of hydrogen-bond acceptors (Lipinski definition) is 9. The molecule has 9 heteroatoms. The molecule has 0 amide bonds. The zero-order valence-corrected chi connectivity index (χ0v) is 26.7. The standard InChI is InChI=1S/C34H47NO8/c1-19(2)21(5)15-28(37)43-27-17-26-30(7)11-10-24(42-29(38)25(18-35)20(3)4)16-23(30)9-12-33(26,40)34(41)14-13-32(39,22(6)36)31(27,34)8/h9,15,19,24,26-27,39-41H,10-14,16-17H2,1-8H3/b21-15+/t24-,26+,27+,30-,31+,32+,33-,34+/m0/s1. The lowest BCUT2D eigenvalue weighted by Crippen LogP contribution is -2.78. The van der Waals surface area contributed by atoms with Gasteiger partial charge in [-0.15, -0.1) is 0 Å². The summed E-state index contributed by atoms with van der Waals surface area (Å²) in [6, 6.07) is 1.92. The highest BCUT2D eigenvalue weighted by atomic mass is 16.6. The molecule has 0 aromatic rings. The van der Waals surface area contributed by atoms with Crippen LogP contribution >= 0.6 is 0 Å². The Hall–Kier alpha value is -2.80. The van der Waals surface area contributed by atoms with Crippen molar-refractivity contribution in [2.45, 2.75) is 129 Å². The van der Waals surface area contributed by atoms with Gasteiger partial charge >= 0.3 is 11.9 Å². The Bertz CT molecular complexity index is 1350. The highest BCUT2D eigenvalue weighted by Gasteiger charge is 2.81. The van der Waals surface area contributed by atoms with Crippen LogP contribution in [0.25, 0.3) is 0 Å². The van der Waals surface area contributed by atoms with Crippen LogP contribution < -0.4 is 0 Å². The van der Waals surface area contributed by atoms with Crippen LogP contribution in [0.5, 0.6) is 0 Å². The van der Waals surface area contributed by atoms with E-state index in [0.717, 1.165) is 11.1 Å². The second-order valence-corrected chi connectivity index (χ2v) is 14.3. The van der Waals surface area contributed by atoms with Gasteiger partial charge < -0.3 is 24.8 Å². The van der Waals surface area contributed by atoms with E-state index in [1.165, 1.54) is 13.0 Å². The number of allylic oxidation sites excluding steroid dienone is 2. The smallest absolute Gasteiger partial charge is 0.349 e. The van der Waals surface area contributed by atoms with E-state index in [4.69, 9.17) is 9.47 Å². The van der Waals surface area contributed by atoms with Gasteiger partial charge in [0.15, 0.2) is 5.78 Å². The number of ether oxygens (including phenoxy) is 2. The molecule has 0 unspecified atom stereocenters. The number of hydrogen-bond donors (Lipinski definition) is 3. The fourth-order valence-corrected chi connectivity index (χ4v) is 8.56. The third-order valence-electron chi connectivity index (χ3n) is 11.7. The molecule has 0 spiro atoms. The third kappa shape index (κ3) is 4.72. The molecule has 4 aliphatic carbocycles. The van der Waals surface area contributed by atoms with Crippen LogP contribution in [0.15, 0.2) is 34.4 Å². The largest absolute Gasteiger partial charge is 0.458 e. The van der Waals surface area contributed by atoms with Crippen molar-refractivity contribution in [1.29, 1.82) is 5.26 Å². The number of aliphatic hydroxyl groups is 3. The molecule has 0 bridgehead atoms. The predicted molar refractivity (Wildman–Crippen MR) is 158 cm³/mol. The van der Waals surface area contributed by atoms with E-state index in [1.54, 1.807) is 20.8 Å². The summed E-state index contributed by atoms with van der Waals surface area (Å²) < 4.78 is 11.8. The quantitative estimate of drug-likeness (QED) is 0.175. The Morgan fingerprint density at radius 3 is 2.26 bits per heavy atom. The lowest BCUT2D eigenvalue weighted by atomic mass is 9.42. The van der Waals surface area contributed by atoms with Crippen LogP contribution in [0.3, 0.4) is 0 Å². The first-order chi connectivity index (χ1) is 19.8. The minimum absolute atomic E-state index is 0.0141. The van der Waals surface area contributed by atoms with Crippen LogP contribution in [0.1, 0.15) is 100 Å². The van der Waals surface area contributed by atoms with Gasteiger partial charge in [-0.3, -0.25) is 4.79 Å². The van der Waals surface area contributed by atoms with E-state index in [0.29, 0.717) is 24.8 Å². The van der Waals surface area contributed by atoms with Crippen molar-refractivity contribution in [3.8, 4) is 6.07 Å². The summed E-state index contributed by atoms with van der Waals surface area (Å²) in [4.78, 5) is 38.9. The Morgan fingerprint density at radius 2 is 1.70 bits per heavy atom. The number of esters is 2. The van der Waals surface area contributed by atoms with Crippen molar-refractivity contribution in [3.05, 3.63) is 34.4 Å². The van der Waals surface area contributed by atoms with Crippen molar-refractivity contribution in [2.24, 2.45) is 22.7 Å². The summed E-state index contributed by atoms with van der Waals surface area (Å²) in [6.45, 7) is 14.0. The molecule has 3 saturated carbocycles. The minimum atomic E-state index is -2.01. The van der Waals surface area contributed by atoms with Gasteiger partial charge in [0, 0.05) is 18.4 Å². The first-order valence-electron chi connectivity index (χ1n) is 15.4. The Labute approximate surface area is 254 Å². The number of nitriles is 1. The van der Waals surface area contributed by atoms with Crippen LogP contribution in [0.4, 0.5) is 0 Å². The molecular weight excluding hydrogens is 550 g/mol. The molecule has 4 rings (SSSR count). The fraction of sp³-hybridized carbons (Fsp3) is 0.706. The first-order valence-corrected chi connectivity index (χ1v) is 15.4. The minimum Gasteiger partial charge on any atom is -0.458 e. The van der Waals surface area contributed by atoms with Crippen LogP contribution in [0, 0.1) is 34.0 Å². The molecule has 236 valence electrons. The van der Waals surface area contributed by atoms with Crippen molar-refractivity contribution in [3.63, 3.8) is 0 Å². The van der Waals surface area contributed by atoms with Crippen LogP contribution in [-0.2, 0) is 23.9 Å². The Kier molecular flexibility index (Phi) is 8.45. The molecule has 0 radical (unpaired) electrons. The summed E-state index contributed by atoms with van der Waals surface area (Å²) in [5, 5.41) is 46.4. The maximum absolute atomic E-state index is 13.2. The average molecular weight is 598 g/mol. The van der Waals surface area contributed by atoms with Crippen molar-refractivity contribution < 1.29 is 39.2 Å². The highest BCUT2D eigenvalue weighted by molar-refractivity contribution is 5.93. The normalized spacial score (nSPS) is 40.3. The van der Waals surface area contributed by atoms with Gasteiger partial charge in [0.25, 0.3) is 0 Å². The zero-order valence-electron chi connectivity index (χ0n) is 26.7. The maximum atomic E-state index is 13.2. The average Bonchev–Trinajstić information content (AvgIpc) is 3.14. The Balaban J connectivity index is 1.75. The number of carbonyl (C=O) groups excluding carboxylic acids is 3. The summed E-state index contributed by atoms with van der Waals surface area (Å²) in [5.41, 5.74) is -5.64. The molecule has 3 fully saturated rings. The predicted octanol–water partition coefficient (Wildman–Crippen LogP) is 4.39. The Morgan fingerprint density at radius 1 is 1.05 bits per heavy atom. The number of nitrogens with zero attached hydrogens (tertiary/aromatic N) is 1. The van der Waals surface area contributed by atoms with Crippen molar-refractivity contribution in [2.75, 3.05) is 0 Å². The first kappa shape index (κ1) is 33.1.